The molecule has 0 saturated carbocycles. The number of anilines is 2. The molecule has 4 heterocycles. The molecule has 4 aromatic rings. The van der Waals surface area contributed by atoms with Gasteiger partial charge in [-0.05, 0) is 68.2 Å². The zero-order chi connectivity index (χ0) is 25.1. The molecule has 0 radical (unpaired) electrons. The lowest BCUT2D eigenvalue weighted by Gasteiger charge is -2.15. The van der Waals surface area contributed by atoms with Crippen molar-refractivity contribution in [2.24, 2.45) is 5.92 Å². The maximum atomic E-state index is 12.5. The quantitative estimate of drug-likeness (QED) is 0.345. The fraction of sp³-hybridized carbons (Fsp3) is 0.400. The van der Waals surface area contributed by atoms with Crippen molar-refractivity contribution < 1.29 is 13.2 Å². The van der Waals surface area contributed by atoms with E-state index in [0.29, 0.717) is 29.5 Å². The van der Waals surface area contributed by atoms with Crippen LogP contribution in [-0.4, -0.2) is 69.1 Å². The number of fused-ring (bicyclic) bond motifs is 1. The van der Waals surface area contributed by atoms with Crippen LogP contribution in [0.4, 0.5) is 11.6 Å². The number of ether oxygens (including phenoxy) is 1. The summed E-state index contributed by atoms with van der Waals surface area (Å²) in [4.78, 5) is 6.99. The van der Waals surface area contributed by atoms with Gasteiger partial charge >= 0.3 is 0 Å². The van der Waals surface area contributed by atoms with Crippen LogP contribution < -0.4 is 10.1 Å². The third-order valence-electron chi connectivity index (χ3n) is 6.03. The molecule has 0 unspecified atom stereocenters. The van der Waals surface area contributed by atoms with E-state index in [1.54, 1.807) is 4.52 Å². The molecular weight excluding hydrogens is 478 g/mol. The molecule has 10 nitrogen and oxygen atoms in total. The highest BCUT2D eigenvalue weighted by atomic mass is 32.2. The Balaban J connectivity index is 1.28. The Bertz CT molecular complexity index is 1420. The summed E-state index contributed by atoms with van der Waals surface area (Å²) in [6.07, 6.45) is 5.61. The molecule has 1 aromatic carbocycles. The van der Waals surface area contributed by atoms with Crippen molar-refractivity contribution in [2.75, 3.05) is 37.3 Å². The Morgan fingerprint density at radius 2 is 1.86 bits per heavy atom. The average molecular weight is 510 g/mol. The lowest BCUT2D eigenvalue weighted by atomic mass is 10.2. The first-order chi connectivity index (χ1) is 17.4. The van der Waals surface area contributed by atoms with E-state index in [1.165, 1.54) is 38.3 Å². The molecule has 1 saturated heterocycles. The van der Waals surface area contributed by atoms with Crippen LogP contribution in [-0.2, 0) is 10.0 Å². The predicted molar refractivity (Wildman–Crippen MR) is 139 cm³/mol. The smallest absolute Gasteiger partial charge is 0.254 e. The first kappa shape index (κ1) is 24.3. The van der Waals surface area contributed by atoms with Crippen molar-refractivity contribution in [3.8, 4) is 17.0 Å². The Morgan fingerprint density at radius 1 is 1.08 bits per heavy atom. The maximum Gasteiger partial charge on any atom is 0.254 e. The Labute approximate surface area is 211 Å². The van der Waals surface area contributed by atoms with E-state index in [2.05, 4.69) is 25.4 Å². The Hall–Kier alpha value is -3.44. The molecule has 0 atom stereocenters. The summed E-state index contributed by atoms with van der Waals surface area (Å²) >= 11 is 0. The second kappa shape index (κ2) is 10.3. The van der Waals surface area contributed by atoms with Gasteiger partial charge < -0.3 is 10.1 Å². The van der Waals surface area contributed by atoms with Crippen molar-refractivity contribution in [1.29, 1.82) is 0 Å². The second-order valence-corrected chi connectivity index (χ2v) is 11.3. The fourth-order valence-corrected chi connectivity index (χ4v) is 5.79. The van der Waals surface area contributed by atoms with Crippen LogP contribution in [0, 0.1) is 5.92 Å². The lowest BCUT2D eigenvalue weighted by molar-refractivity contribution is 0.238. The van der Waals surface area contributed by atoms with Gasteiger partial charge in [0.15, 0.2) is 5.65 Å². The lowest BCUT2D eigenvalue weighted by Crippen LogP contribution is -2.25. The summed E-state index contributed by atoms with van der Waals surface area (Å²) in [5, 5.41) is 11.9. The van der Waals surface area contributed by atoms with Crippen LogP contribution in [0.3, 0.4) is 0 Å². The zero-order valence-corrected chi connectivity index (χ0v) is 21.4. The Morgan fingerprint density at radius 3 is 2.61 bits per heavy atom. The molecule has 1 aliphatic rings. The minimum Gasteiger partial charge on any atom is -0.492 e. The van der Waals surface area contributed by atoms with Gasteiger partial charge in [-0.15, -0.1) is 5.10 Å². The van der Waals surface area contributed by atoms with Crippen molar-refractivity contribution in [3.63, 3.8) is 0 Å². The molecule has 11 heteroatoms. The van der Waals surface area contributed by atoms with Crippen LogP contribution in [0.15, 0.2) is 54.9 Å². The number of pyridine rings is 1. The molecule has 0 spiro atoms. The molecule has 1 N–H and O–H groups in total. The minimum atomic E-state index is -3.51. The number of aromatic nitrogens is 5. The van der Waals surface area contributed by atoms with Gasteiger partial charge in [0, 0.05) is 17.8 Å². The molecule has 1 aliphatic heterocycles. The summed E-state index contributed by atoms with van der Waals surface area (Å²) in [7, 11) is -3.51. The third-order valence-corrected chi connectivity index (χ3v) is 7.89. The number of hydrogen-bond acceptors (Lipinski definition) is 8. The van der Waals surface area contributed by atoms with Crippen LogP contribution in [0.25, 0.3) is 16.9 Å². The monoisotopic (exact) mass is 509 g/mol. The van der Waals surface area contributed by atoms with Gasteiger partial charge in [-0.25, -0.2) is 12.9 Å². The van der Waals surface area contributed by atoms with Gasteiger partial charge in [-0.3, -0.25) is 4.90 Å². The van der Waals surface area contributed by atoms with Gasteiger partial charge in [0.05, 0.1) is 23.8 Å². The van der Waals surface area contributed by atoms with Crippen molar-refractivity contribution in [1.82, 2.24) is 28.7 Å². The fourth-order valence-electron chi connectivity index (χ4n) is 4.33. The largest absolute Gasteiger partial charge is 0.492 e. The summed E-state index contributed by atoms with van der Waals surface area (Å²) in [6, 6.07) is 13.3. The van der Waals surface area contributed by atoms with E-state index in [1.807, 2.05) is 56.3 Å². The first-order valence-electron chi connectivity index (χ1n) is 12.2. The number of nitrogens with one attached hydrogen (secondary N) is 1. The topological polar surface area (TPSA) is 107 Å². The molecule has 0 bridgehead atoms. The highest BCUT2D eigenvalue weighted by Crippen LogP contribution is 2.23. The number of benzene rings is 1. The molecular formula is C25H31N7O3S. The second-order valence-electron chi connectivity index (χ2n) is 9.44. The molecule has 1 fully saturated rings. The van der Waals surface area contributed by atoms with Gasteiger partial charge in [0.2, 0.25) is 5.95 Å². The van der Waals surface area contributed by atoms with E-state index < -0.39 is 10.0 Å². The molecule has 190 valence electrons. The molecule has 0 amide bonds. The molecule has 0 aliphatic carbocycles. The van der Waals surface area contributed by atoms with Crippen molar-refractivity contribution >= 4 is 27.3 Å². The van der Waals surface area contributed by atoms with Gasteiger partial charge in [0.1, 0.15) is 12.4 Å². The number of rotatable bonds is 10. The predicted octanol–water partition coefficient (Wildman–Crippen LogP) is 3.64. The van der Waals surface area contributed by atoms with Crippen molar-refractivity contribution in [3.05, 3.63) is 54.9 Å². The van der Waals surface area contributed by atoms with E-state index >= 15 is 0 Å². The van der Waals surface area contributed by atoms with Crippen molar-refractivity contribution in [2.45, 2.75) is 26.7 Å². The minimum absolute atomic E-state index is 0.00517. The maximum absolute atomic E-state index is 12.5. The standard InChI is InChI=1S/C25H31N7O3S/c1-19(2)18-36(33,34)31-17-20(16-26-31)23-6-5-7-24-28-25(29-32(23)24)27-21-8-10-22(11-9-21)35-15-14-30-12-3-4-13-30/h5-11,16-17,19H,3-4,12-15,18H2,1-2H3,(H,27,29). The van der Waals surface area contributed by atoms with Crippen LogP contribution >= 0.6 is 0 Å². The van der Waals surface area contributed by atoms with Crippen LogP contribution in [0.1, 0.15) is 26.7 Å². The molecule has 36 heavy (non-hydrogen) atoms. The highest BCUT2D eigenvalue weighted by Gasteiger charge is 2.18. The summed E-state index contributed by atoms with van der Waals surface area (Å²) < 4.78 is 33.7. The first-order valence-corrected chi connectivity index (χ1v) is 13.8. The van der Waals surface area contributed by atoms with E-state index in [9.17, 15) is 8.42 Å². The number of nitrogens with zero attached hydrogens (tertiary/aromatic N) is 6. The van der Waals surface area contributed by atoms with Crippen LogP contribution in [0.5, 0.6) is 5.75 Å². The number of likely N-dealkylation sites (tertiary alicyclic amines) is 1. The van der Waals surface area contributed by atoms with E-state index in [4.69, 9.17) is 4.74 Å². The van der Waals surface area contributed by atoms with E-state index in [-0.39, 0.29) is 11.7 Å². The number of hydrogen-bond donors (Lipinski definition) is 1. The summed E-state index contributed by atoms with van der Waals surface area (Å²) in [6.45, 7) is 7.69. The normalized spacial score (nSPS) is 14.6. The van der Waals surface area contributed by atoms with Gasteiger partial charge in [-0.2, -0.15) is 14.2 Å². The Kier molecular flexibility index (Phi) is 6.92. The molecule has 3 aromatic heterocycles. The summed E-state index contributed by atoms with van der Waals surface area (Å²) in [5.41, 5.74) is 2.81. The van der Waals surface area contributed by atoms with E-state index in [0.717, 1.165) is 22.1 Å². The third kappa shape index (κ3) is 5.52. The highest BCUT2D eigenvalue weighted by molar-refractivity contribution is 7.89. The van der Waals surface area contributed by atoms with Gasteiger partial charge in [-0.1, -0.05) is 19.9 Å². The molecule has 5 rings (SSSR count). The van der Waals surface area contributed by atoms with Gasteiger partial charge in [0.25, 0.3) is 10.0 Å². The SMILES string of the molecule is CC(C)CS(=O)(=O)n1cc(-c2cccc3nc(Nc4ccc(OCCN5CCCC5)cc4)nn23)cn1. The average Bonchev–Trinajstić information content (AvgIpc) is 3.60. The van der Waals surface area contributed by atoms with Crippen LogP contribution in [0.2, 0.25) is 0 Å². The summed E-state index contributed by atoms with van der Waals surface area (Å²) in [5.74, 6) is 1.29. The zero-order valence-electron chi connectivity index (χ0n) is 20.5.